The van der Waals surface area contributed by atoms with E-state index in [-0.39, 0.29) is 28.9 Å². The van der Waals surface area contributed by atoms with Gasteiger partial charge in [0.25, 0.3) is 6.29 Å². The maximum absolute atomic E-state index is 12.7. The van der Waals surface area contributed by atoms with Crippen molar-refractivity contribution in [3.05, 3.63) is 57.1 Å². The van der Waals surface area contributed by atoms with Crippen LogP contribution in [0.2, 0.25) is 5.02 Å². The Kier molecular flexibility index (Phi) is 7.46. The van der Waals surface area contributed by atoms with E-state index in [0.29, 0.717) is 6.07 Å². The molecule has 0 N–H and O–H groups in total. The minimum absolute atomic E-state index is 0.0441. The third-order valence-electron chi connectivity index (χ3n) is 3.56. The quantitative estimate of drug-likeness (QED) is 0.243. The summed E-state index contributed by atoms with van der Waals surface area (Å²) in [6.45, 7) is 1.62. The average Bonchev–Trinajstić information content (AvgIpc) is 2.67. The zero-order chi connectivity index (χ0) is 22.5. The highest BCUT2D eigenvalue weighted by Crippen LogP contribution is 2.38. The predicted molar refractivity (Wildman–Crippen MR) is 97.7 cm³/mol. The Bertz CT molecular complexity index is 936. The van der Waals surface area contributed by atoms with E-state index in [1.165, 1.54) is 6.07 Å². The van der Waals surface area contributed by atoms with Crippen molar-refractivity contribution in [2.75, 3.05) is 13.7 Å². The van der Waals surface area contributed by atoms with Crippen molar-refractivity contribution in [3.63, 3.8) is 0 Å². The Morgan fingerprint density at radius 2 is 1.90 bits per heavy atom. The number of nitro groups is 1. The zero-order valence-electron chi connectivity index (χ0n) is 15.6. The van der Waals surface area contributed by atoms with E-state index in [4.69, 9.17) is 25.8 Å². The number of benzene rings is 2. The highest BCUT2D eigenvalue weighted by atomic mass is 35.5. The SMILES string of the molecule is CCOC(Oc1cc(Oc2ccc(C(F)(F)F)cc2Cl)ccc1[N+](=O)[O-])C(=O)OC. The van der Waals surface area contributed by atoms with Crippen molar-refractivity contribution >= 4 is 23.3 Å². The molecule has 0 aliphatic heterocycles. The topological polar surface area (TPSA) is 97.1 Å². The van der Waals surface area contributed by atoms with Gasteiger partial charge in [0.15, 0.2) is 0 Å². The number of carbonyl (C=O) groups is 1. The molecule has 0 radical (unpaired) electrons. The molecule has 0 heterocycles. The molecule has 12 heteroatoms. The highest BCUT2D eigenvalue weighted by molar-refractivity contribution is 6.32. The Morgan fingerprint density at radius 3 is 2.43 bits per heavy atom. The van der Waals surface area contributed by atoms with Crippen LogP contribution in [0.1, 0.15) is 12.5 Å². The number of nitro benzene ring substituents is 1. The summed E-state index contributed by atoms with van der Waals surface area (Å²) < 4.78 is 58.5. The molecule has 0 aliphatic carbocycles. The van der Waals surface area contributed by atoms with Crippen LogP contribution >= 0.6 is 11.6 Å². The summed E-state index contributed by atoms with van der Waals surface area (Å²) in [5.74, 6) is -1.48. The first-order valence-corrected chi connectivity index (χ1v) is 8.63. The van der Waals surface area contributed by atoms with Crippen molar-refractivity contribution in [1.29, 1.82) is 0 Å². The van der Waals surface area contributed by atoms with Crippen LogP contribution in [0.3, 0.4) is 0 Å². The molecule has 0 spiro atoms. The lowest BCUT2D eigenvalue weighted by atomic mass is 10.2. The molecule has 0 saturated heterocycles. The van der Waals surface area contributed by atoms with Gasteiger partial charge in [-0.1, -0.05) is 11.6 Å². The Balaban J connectivity index is 2.36. The second kappa shape index (κ2) is 9.63. The largest absolute Gasteiger partial charge is 0.464 e. The molecule has 162 valence electrons. The molecular weight excluding hydrogens is 435 g/mol. The van der Waals surface area contributed by atoms with Gasteiger partial charge in [0.05, 0.1) is 22.6 Å². The summed E-state index contributed by atoms with van der Waals surface area (Å²) in [5.41, 5.74) is -1.47. The van der Waals surface area contributed by atoms with Gasteiger partial charge in [0.1, 0.15) is 11.5 Å². The first kappa shape index (κ1) is 23.2. The molecule has 2 aromatic carbocycles. The van der Waals surface area contributed by atoms with Crippen LogP contribution in [-0.2, 0) is 20.4 Å². The summed E-state index contributed by atoms with van der Waals surface area (Å²) in [7, 11) is 1.08. The fraction of sp³-hybridized carbons (Fsp3) is 0.278. The minimum Gasteiger partial charge on any atom is -0.464 e. The molecule has 0 aliphatic rings. The van der Waals surface area contributed by atoms with E-state index in [0.717, 1.165) is 31.4 Å². The third kappa shape index (κ3) is 5.74. The minimum atomic E-state index is -4.58. The fourth-order valence-corrected chi connectivity index (χ4v) is 2.42. The van der Waals surface area contributed by atoms with Crippen LogP contribution in [0.15, 0.2) is 36.4 Å². The monoisotopic (exact) mass is 449 g/mol. The van der Waals surface area contributed by atoms with E-state index >= 15 is 0 Å². The molecule has 2 aromatic rings. The number of esters is 1. The number of alkyl halides is 3. The molecule has 2 rings (SSSR count). The maximum Gasteiger partial charge on any atom is 0.416 e. The fourth-order valence-electron chi connectivity index (χ4n) is 2.20. The molecule has 0 fully saturated rings. The summed E-state index contributed by atoms with van der Waals surface area (Å²) in [6.07, 6.45) is -6.16. The van der Waals surface area contributed by atoms with Gasteiger partial charge < -0.3 is 18.9 Å². The normalized spacial score (nSPS) is 12.2. The van der Waals surface area contributed by atoms with Gasteiger partial charge in [-0.3, -0.25) is 10.1 Å². The van der Waals surface area contributed by atoms with E-state index in [1.54, 1.807) is 6.92 Å². The molecule has 1 atom stereocenters. The summed E-state index contributed by atoms with van der Waals surface area (Å²) in [5, 5.41) is 10.9. The molecule has 0 amide bonds. The molecule has 0 saturated carbocycles. The van der Waals surface area contributed by atoms with E-state index in [1.807, 2.05) is 0 Å². The number of hydrogen-bond donors (Lipinski definition) is 0. The first-order valence-electron chi connectivity index (χ1n) is 8.26. The van der Waals surface area contributed by atoms with Crippen molar-refractivity contribution < 1.29 is 41.8 Å². The van der Waals surface area contributed by atoms with Crippen LogP contribution in [0.4, 0.5) is 18.9 Å². The van der Waals surface area contributed by atoms with Crippen LogP contribution in [0.25, 0.3) is 0 Å². The Labute approximate surface area is 173 Å². The lowest BCUT2D eigenvalue weighted by molar-refractivity contribution is -0.386. The summed E-state index contributed by atoms with van der Waals surface area (Å²) in [6, 6.07) is 5.75. The smallest absolute Gasteiger partial charge is 0.416 e. The molecule has 1 unspecified atom stereocenters. The average molecular weight is 450 g/mol. The van der Waals surface area contributed by atoms with Gasteiger partial charge in [-0.15, -0.1) is 0 Å². The van der Waals surface area contributed by atoms with Crippen molar-refractivity contribution in [2.45, 2.75) is 19.4 Å². The predicted octanol–water partition coefficient (Wildman–Crippen LogP) is 4.97. The van der Waals surface area contributed by atoms with Crippen molar-refractivity contribution in [1.82, 2.24) is 0 Å². The zero-order valence-corrected chi connectivity index (χ0v) is 16.3. The molecule has 30 heavy (non-hydrogen) atoms. The van der Waals surface area contributed by atoms with Gasteiger partial charge in [-0.25, -0.2) is 4.79 Å². The summed E-state index contributed by atoms with van der Waals surface area (Å²) in [4.78, 5) is 22.2. The standard InChI is InChI=1S/C18H15ClF3NO7/c1-3-28-17(16(24)27-2)30-15-9-11(5-6-13(15)23(25)26)29-14-7-4-10(8-12(14)19)18(20,21)22/h4-9,17H,3H2,1-2H3. The lowest BCUT2D eigenvalue weighted by Crippen LogP contribution is -2.31. The number of halogens is 4. The summed E-state index contributed by atoms with van der Waals surface area (Å²) >= 11 is 5.85. The van der Waals surface area contributed by atoms with E-state index < -0.39 is 34.6 Å². The number of rotatable bonds is 8. The molecule has 0 aromatic heterocycles. The number of ether oxygens (including phenoxy) is 4. The lowest BCUT2D eigenvalue weighted by Gasteiger charge is -2.17. The van der Waals surface area contributed by atoms with E-state index in [2.05, 4.69) is 4.74 Å². The van der Waals surface area contributed by atoms with Gasteiger partial charge in [-0.2, -0.15) is 13.2 Å². The van der Waals surface area contributed by atoms with Crippen molar-refractivity contribution in [3.8, 4) is 17.2 Å². The number of methoxy groups -OCH3 is 1. The van der Waals surface area contributed by atoms with E-state index in [9.17, 15) is 28.1 Å². The number of hydrogen-bond acceptors (Lipinski definition) is 7. The van der Waals surface area contributed by atoms with Crippen molar-refractivity contribution in [2.24, 2.45) is 0 Å². The van der Waals surface area contributed by atoms with Crippen LogP contribution in [-0.4, -0.2) is 30.9 Å². The molecular formula is C18H15ClF3NO7. The van der Waals surface area contributed by atoms with Crippen LogP contribution < -0.4 is 9.47 Å². The second-order valence-electron chi connectivity index (χ2n) is 5.56. The van der Waals surface area contributed by atoms with Gasteiger partial charge in [0.2, 0.25) is 5.75 Å². The third-order valence-corrected chi connectivity index (χ3v) is 3.86. The first-order chi connectivity index (χ1) is 14.1. The van der Waals surface area contributed by atoms with Gasteiger partial charge in [0, 0.05) is 18.7 Å². The van der Waals surface area contributed by atoms with Gasteiger partial charge in [-0.05, 0) is 31.2 Å². The molecule has 8 nitrogen and oxygen atoms in total. The highest BCUT2D eigenvalue weighted by Gasteiger charge is 2.31. The Morgan fingerprint density at radius 1 is 1.20 bits per heavy atom. The van der Waals surface area contributed by atoms with Gasteiger partial charge >= 0.3 is 17.8 Å². The number of carbonyl (C=O) groups excluding carboxylic acids is 1. The van der Waals surface area contributed by atoms with Crippen LogP contribution in [0, 0.1) is 10.1 Å². The van der Waals surface area contributed by atoms with Crippen LogP contribution in [0.5, 0.6) is 17.2 Å². The molecule has 0 bridgehead atoms. The maximum atomic E-state index is 12.7. The Hall–Kier alpha value is -3.05. The second-order valence-corrected chi connectivity index (χ2v) is 5.97. The number of nitrogens with zero attached hydrogens (tertiary/aromatic N) is 1.